The predicted molar refractivity (Wildman–Crippen MR) is 119 cm³/mol. The molecule has 0 radical (unpaired) electrons. The lowest BCUT2D eigenvalue weighted by molar-refractivity contribution is -0.117. The first-order chi connectivity index (χ1) is 15.4. The molecule has 8 heteroatoms. The van der Waals surface area contributed by atoms with Crippen molar-refractivity contribution in [2.24, 2.45) is 0 Å². The van der Waals surface area contributed by atoms with E-state index in [0.717, 1.165) is 17.7 Å². The minimum Gasteiger partial charge on any atom is -0.462 e. The fourth-order valence-corrected chi connectivity index (χ4v) is 3.47. The van der Waals surface area contributed by atoms with Crippen molar-refractivity contribution in [3.63, 3.8) is 0 Å². The maximum atomic E-state index is 12.6. The third kappa shape index (κ3) is 5.72. The van der Waals surface area contributed by atoms with E-state index in [4.69, 9.17) is 9.47 Å². The molecule has 1 N–H and O–H groups in total. The molecule has 0 bridgehead atoms. The predicted octanol–water partition coefficient (Wildman–Crippen LogP) is 3.35. The molecule has 1 fully saturated rings. The highest BCUT2D eigenvalue weighted by atomic mass is 16.5. The summed E-state index contributed by atoms with van der Waals surface area (Å²) in [6, 6.07) is 11.6. The molecule has 2 aromatic rings. The molecule has 2 aromatic carbocycles. The van der Waals surface area contributed by atoms with Crippen molar-refractivity contribution in [1.82, 2.24) is 0 Å². The number of nitrogens with zero attached hydrogens (tertiary/aromatic N) is 1. The van der Waals surface area contributed by atoms with Gasteiger partial charge >= 0.3 is 11.9 Å². The quantitative estimate of drug-likeness (QED) is 0.634. The third-order valence-corrected chi connectivity index (χ3v) is 4.93. The van der Waals surface area contributed by atoms with Gasteiger partial charge in [-0.15, -0.1) is 0 Å². The lowest BCUT2D eigenvalue weighted by atomic mass is 10.1. The Morgan fingerprint density at radius 3 is 2.03 bits per heavy atom. The first kappa shape index (κ1) is 23.0. The van der Waals surface area contributed by atoms with Crippen molar-refractivity contribution in [1.29, 1.82) is 0 Å². The van der Waals surface area contributed by atoms with Gasteiger partial charge in [0, 0.05) is 24.3 Å². The molecule has 0 saturated carbocycles. The van der Waals surface area contributed by atoms with Gasteiger partial charge in [-0.1, -0.05) is 12.1 Å². The van der Waals surface area contributed by atoms with Crippen molar-refractivity contribution in [3.05, 3.63) is 59.2 Å². The van der Waals surface area contributed by atoms with Crippen LogP contribution in [0, 0.1) is 0 Å². The van der Waals surface area contributed by atoms with E-state index < -0.39 is 11.9 Å². The second-order valence-corrected chi connectivity index (χ2v) is 7.28. The summed E-state index contributed by atoms with van der Waals surface area (Å²) in [6.45, 7) is 4.44. The Bertz CT molecular complexity index is 979. The van der Waals surface area contributed by atoms with E-state index in [1.54, 1.807) is 30.9 Å². The zero-order valence-corrected chi connectivity index (χ0v) is 18.2. The molecule has 1 saturated heterocycles. The van der Waals surface area contributed by atoms with Crippen molar-refractivity contribution in [2.45, 2.75) is 33.1 Å². The average Bonchev–Trinajstić information content (AvgIpc) is 3.20. The lowest BCUT2D eigenvalue weighted by Gasteiger charge is -2.16. The van der Waals surface area contributed by atoms with Crippen LogP contribution in [0.15, 0.2) is 42.5 Å². The van der Waals surface area contributed by atoms with Crippen LogP contribution >= 0.6 is 0 Å². The SMILES string of the molecule is CCOC(=O)c1cc(NC(=O)Cc2ccc(N3CCCC3=O)cc2)cc(C(=O)OCC)c1. The van der Waals surface area contributed by atoms with Gasteiger partial charge in [-0.2, -0.15) is 0 Å². The van der Waals surface area contributed by atoms with Crippen molar-refractivity contribution >= 4 is 35.1 Å². The summed E-state index contributed by atoms with van der Waals surface area (Å²) < 4.78 is 10.0. The monoisotopic (exact) mass is 438 g/mol. The van der Waals surface area contributed by atoms with Crippen molar-refractivity contribution in [3.8, 4) is 0 Å². The molecule has 1 aliphatic heterocycles. The van der Waals surface area contributed by atoms with Gasteiger partial charge in [-0.05, 0) is 56.2 Å². The van der Waals surface area contributed by atoms with E-state index in [-0.39, 0.29) is 42.6 Å². The van der Waals surface area contributed by atoms with Crippen LogP contribution in [-0.4, -0.2) is 43.5 Å². The molecule has 0 atom stereocenters. The smallest absolute Gasteiger partial charge is 0.338 e. The Morgan fingerprint density at radius 2 is 1.53 bits per heavy atom. The van der Waals surface area contributed by atoms with E-state index in [1.165, 1.54) is 18.2 Å². The van der Waals surface area contributed by atoms with Crippen LogP contribution in [0.1, 0.15) is 53.0 Å². The van der Waals surface area contributed by atoms with Crippen LogP contribution in [0.4, 0.5) is 11.4 Å². The molecule has 1 heterocycles. The van der Waals surface area contributed by atoms with Crippen molar-refractivity contribution in [2.75, 3.05) is 30.0 Å². The first-order valence-electron chi connectivity index (χ1n) is 10.6. The molecular formula is C24H26N2O6. The number of benzene rings is 2. The molecule has 0 unspecified atom stereocenters. The number of esters is 2. The molecule has 0 spiro atoms. The zero-order valence-electron chi connectivity index (χ0n) is 18.2. The minimum atomic E-state index is -0.596. The van der Waals surface area contributed by atoms with Gasteiger partial charge in [-0.25, -0.2) is 9.59 Å². The van der Waals surface area contributed by atoms with E-state index in [0.29, 0.717) is 18.7 Å². The number of nitrogens with one attached hydrogen (secondary N) is 1. The number of carbonyl (C=O) groups is 4. The van der Waals surface area contributed by atoms with Crippen LogP contribution in [0.25, 0.3) is 0 Å². The number of hydrogen-bond acceptors (Lipinski definition) is 6. The number of rotatable bonds is 8. The second kappa shape index (κ2) is 10.6. The fraction of sp³-hybridized carbons (Fsp3) is 0.333. The molecule has 8 nitrogen and oxygen atoms in total. The van der Waals surface area contributed by atoms with Gasteiger partial charge in [0.2, 0.25) is 11.8 Å². The summed E-state index contributed by atoms with van der Waals surface area (Å²) in [4.78, 5) is 50.5. The second-order valence-electron chi connectivity index (χ2n) is 7.28. The topological polar surface area (TPSA) is 102 Å². The molecule has 0 aliphatic carbocycles. The van der Waals surface area contributed by atoms with E-state index >= 15 is 0 Å². The Hall–Kier alpha value is -3.68. The van der Waals surface area contributed by atoms with Gasteiger partial charge in [0.1, 0.15) is 0 Å². The number of carbonyl (C=O) groups excluding carboxylic acids is 4. The van der Waals surface area contributed by atoms with Gasteiger partial charge in [0.05, 0.1) is 30.8 Å². The molecular weight excluding hydrogens is 412 g/mol. The fourth-order valence-electron chi connectivity index (χ4n) is 3.47. The summed E-state index contributed by atoms with van der Waals surface area (Å²) in [5.74, 6) is -1.40. The lowest BCUT2D eigenvalue weighted by Crippen LogP contribution is -2.23. The summed E-state index contributed by atoms with van der Waals surface area (Å²) in [5.41, 5.74) is 2.17. The minimum absolute atomic E-state index is 0.0899. The largest absolute Gasteiger partial charge is 0.462 e. The van der Waals surface area contributed by atoms with Crippen LogP contribution in [0.2, 0.25) is 0 Å². The molecule has 3 rings (SSSR count). The van der Waals surface area contributed by atoms with Crippen LogP contribution in [-0.2, 0) is 25.5 Å². The third-order valence-electron chi connectivity index (χ3n) is 4.93. The Labute approximate surface area is 186 Å². The standard InChI is InChI=1S/C24H26N2O6/c1-3-31-23(29)17-13-18(24(30)32-4-2)15-19(14-17)25-21(27)12-16-7-9-20(10-8-16)26-11-5-6-22(26)28/h7-10,13-15H,3-6,11-12H2,1-2H3,(H,25,27). The summed E-state index contributed by atoms with van der Waals surface area (Å²) in [6.07, 6.45) is 1.50. The van der Waals surface area contributed by atoms with E-state index in [9.17, 15) is 19.2 Å². The van der Waals surface area contributed by atoms with Gasteiger partial charge in [0.15, 0.2) is 0 Å². The highest BCUT2D eigenvalue weighted by Gasteiger charge is 2.21. The van der Waals surface area contributed by atoms with Crippen LogP contribution < -0.4 is 10.2 Å². The van der Waals surface area contributed by atoms with Crippen LogP contribution in [0.5, 0.6) is 0 Å². The normalized spacial score (nSPS) is 13.1. The Balaban J connectivity index is 1.72. The number of amides is 2. The Morgan fingerprint density at radius 1 is 0.938 bits per heavy atom. The number of anilines is 2. The molecule has 1 aliphatic rings. The first-order valence-corrected chi connectivity index (χ1v) is 10.6. The maximum absolute atomic E-state index is 12.6. The van der Waals surface area contributed by atoms with Crippen LogP contribution in [0.3, 0.4) is 0 Å². The Kier molecular flexibility index (Phi) is 7.59. The van der Waals surface area contributed by atoms with E-state index in [2.05, 4.69) is 5.32 Å². The van der Waals surface area contributed by atoms with Gasteiger partial charge < -0.3 is 19.7 Å². The highest BCUT2D eigenvalue weighted by molar-refractivity contribution is 6.00. The summed E-state index contributed by atoms with van der Waals surface area (Å²) >= 11 is 0. The van der Waals surface area contributed by atoms with E-state index in [1.807, 2.05) is 12.1 Å². The van der Waals surface area contributed by atoms with Gasteiger partial charge in [0.25, 0.3) is 0 Å². The summed E-state index contributed by atoms with van der Waals surface area (Å²) in [7, 11) is 0. The highest BCUT2D eigenvalue weighted by Crippen LogP contribution is 2.22. The number of hydrogen-bond donors (Lipinski definition) is 1. The molecule has 0 aromatic heterocycles. The summed E-state index contributed by atoms with van der Waals surface area (Å²) in [5, 5.41) is 2.72. The molecule has 32 heavy (non-hydrogen) atoms. The number of ether oxygens (including phenoxy) is 2. The van der Waals surface area contributed by atoms with Crippen molar-refractivity contribution < 1.29 is 28.7 Å². The maximum Gasteiger partial charge on any atom is 0.338 e. The zero-order chi connectivity index (χ0) is 23.1. The molecule has 2 amide bonds. The van der Waals surface area contributed by atoms with Gasteiger partial charge in [-0.3, -0.25) is 9.59 Å². The average molecular weight is 438 g/mol. The molecule has 168 valence electrons.